The number of aryl methyl sites for hydroxylation is 2. The Bertz CT molecular complexity index is 744. The van der Waals surface area contributed by atoms with Crippen LogP contribution in [0.4, 0.5) is 0 Å². The van der Waals surface area contributed by atoms with Gasteiger partial charge in [0.2, 0.25) is 0 Å². The number of fused-ring (bicyclic) bond motifs is 1. The van der Waals surface area contributed by atoms with Crippen LogP contribution in [0, 0.1) is 13.8 Å². The monoisotopic (exact) mass is 279 g/mol. The van der Waals surface area contributed by atoms with Crippen LogP contribution in [-0.4, -0.2) is 16.6 Å². The summed E-state index contributed by atoms with van der Waals surface area (Å²) in [6.07, 6.45) is 1.94. The number of hydrogen-bond acceptors (Lipinski definition) is 2. The average molecular weight is 279 g/mol. The molecule has 0 radical (unpaired) electrons. The molecule has 3 nitrogen and oxygen atoms in total. The Balaban J connectivity index is 1.95. The fourth-order valence-electron chi connectivity index (χ4n) is 2.70. The van der Waals surface area contributed by atoms with E-state index in [0.717, 1.165) is 12.1 Å². The molecule has 0 spiro atoms. The molecule has 21 heavy (non-hydrogen) atoms. The first-order valence-corrected chi connectivity index (χ1v) is 7.33. The van der Waals surface area contributed by atoms with Crippen LogP contribution in [0.25, 0.3) is 11.0 Å². The first-order chi connectivity index (χ1) is 10.2. The van der Waals surface area contributed by atoms with Crippen LogP contribution < -0.4 is 5.32 Å². The summed E-state index contributed by atoms with van der Waals surface area (Å²) < 4.78 is 2.23. The zero-order valence-electron chi connectivity index (χ0n) is 12.8. The summed E-state index contributed by atoms with van der Waals surface area (Å²) >= 11 is 0. The number of nitrogens with one attached hydrogen (secondary N) is 1. The van der Waals surface area contributed by atoms with E-state index in [9.17, 15) is 0 Å². The van der Waals surface area contributed by atoms with Crippen LogP contribution in [-0.2, 0) is 6.54 Å². The Morgan fingerprint density at radius 2 is 1.81 bits per heavy atom. The number of hydrogen-bond donors (Lipinski definition) is 1. The van der Waals surface area contributed by atoms with Gasteiger partial charge in [0, 0.05) is 12.6 Å². The summed E-state index contributed by atoms with van der Waals surface area (Å²) in [6.45, 7) is 5.16. The molecular formula is C18H21N3. The predicted octanol–water partition coefficient (Wildman–Crippen LogP) is 3.61. The minimum atomic E-state index is 0.283. The molecular weight excluding hydrogens is 258 g/mol. The summed E-state index contributed by atoms with van der Waals surface area (Å²) in [6, 6.07) is 15.2. The highest BCUT2D eigenvalue weighted by Gasteiger charge is 2.12. The second-order valence-electron chi connectivity index (χ2n) is 5.57. The Morgan fingerprint density at radius 3 is 2.52 bits per heavy atom. The Kier molecular flexibility index (Phi) is 3.76. The zero-order chi connectivity index (χ0) is 14.8. The normalized spacial score (nSPS) is 12.7. The maximum absolute atomic E-state index is 4.54. The molecule has 0 amide bonds. The second-order valence-corrected chi connectivity index (χ2v) is 5.57. The van der Waals surface area contributed by atoms with Gasteiger partial charge in [-0.25, -0.2) is 4.98 Å². The van der Waals surface area contributed by atoms with E-state index < -0.39 is 0 Å². The van der Waals surface area contributed by atoms with Crippen molar-refractivity contribution >= 4 is 11.0 Å². The lowest BCUT2D eigenvalue weighted by atomic mass is 10.1. The zero-order valence-corrected chi connectivity index (χ0v) is 12.8. The molecule has 0 saturated carbocycles. The smallest absolute Gasteiger partial charge is 0.0958 e. The van der Waals surface area contributed by atoms with Crippen LogP contribution in [0.2, 0.25) is 0 Å². The van der Waals surface area contributed by atoms with E-state index in [-0.39, 0.29) is 6.04 Å². The van der Waals surface area contributed by atoms with E-state index >= 15 is 0 Å². The van der Waals surface area contributed by atoms with Crippen molar-refractivity contribution in [2.45, 2.75) is 26.4 Å². The van der Waals surface area contributed by atoms with E-state index in [4.69, 9.17) is 0 Å². The van der Waals surface area contributed by atoms with Crippen molar-refractivity contribution in [3.8, 4) is 0 Å². The summed E-state index contributed by atoms with van der Waals surface area (Å²) in [5, 5.41) is 3.40. The molecule has 0 bridgehead atoms. The van der Waals surface area contributed by atoms with Gasteiger partial charge in [-0.05, 0) is 49.7 Å². The van der Waals surface area contributed by atoms with Gasteiger partial charge in [-0.1, -0.05) is 30.3 Å². The van der Waals surface area contributed by atoms with Gasteiger partial charge in [-0.15, -0.1) is 0 Å². The van der Waals surface area contributed by atoms with E-state index in [1.165, 1.54) is 22.2 Å². The molecule has 0 fully saturated rings. The highest BCUT2D eigenvalue weighted by atomic mass is 15.1. The molecule has 1 heterocycles. The molecule has 1 aromatic heterocycles. The van der Waals surface area contributed by atoms with Gasteiger partial charge in [-0.2, -0.15) is 0 Å². The fourth-order valence-corrected chi connectivity index (χ4v) is 2.70. The number of rotatable bonds is 4. The van der Waals surface area contributed by atoms with Crippen LogP contribution in [0.3, 0.4) is 0 Å². The third-order valence-electron chi connectivity index (χ3n) is 4.17. The van der Waals surface area contributed by atoms with Crippen LogP contribution >= 0.6 is 0 Å². The van der Waals surface area contributed by atoms with Gasteiger partial charge >= 0.3 is 0 Å². The van der Waals surface area contributed by atoms with Crippen molar-refractivity contribution in [3.05, 3.63) is 65.5 Å². The van der Waals surface area contributed by atoms with Crippen molar-refractivity contribution in [1.82, 2.24) is 14.9 Å². The van der Waals surface area contributed by atoms with Gasteiger partial charge in [0.15, 0.2) is 0 Å². The minimum absolute atomic E-state index is 0.283. The standard InChI is InChI=1S/C18H21N3/c1-13-9-16-18(10-14(13)2)21(12-20-16)11-17(19-3)15-7-5-4-6-8-15/h4-10,12,17,19H,11H2,1-3H3. The Labute approximate surface area is 125 Å². The van der Waals surface area contributed by atoms with Crippen molar-refractivity contribution in [2.75, 3.05) is 7.05 Å². The highest BCUT2D eigenvalue weighted by Crippen LogP contribution is 2.21. The van der Waals surface area contributed by atoms with Gasteiger partial charge in [0.1, 0.15) is 0 Å². The first kappa shape index (κ1) is 13.8. The maximum Gasteiger partial charge on any atom is 0.0958 e. The third-order valence-corrected chi connectivity index (χ3v) is 4.17. The van der Waals surface area contributed by atoms with Gasteiger partial charge in [-0.3, -0.25) is 0 Å². The molecule has 0 aliphatic rings. The van der Waals surface area contributed by atoms with Crippen molar-refractivity contribution in [2.24, 2.45) is 0 Å². The molecule has 0 aliphatic heterocycles. The molecule has 3 rings (SSSR count). The summed E-state index contributed by atoms with van der Waals surface area (Å²) in [4.78, 5) is 4.54. The van der Waals surface area contributed by atoms with Crippen molar-refractivity contribution < 1.29 is 0 Å². The van der Waals surface area contributed by atoms with Gasteiger partial charge in [0.25, 0.3) is 0 Å². The largest absolute Gasteiger partial charge is 0.329 e. The highest BCUT2D eigenvalue weighted by molar-refractivity contribution is 5.77. The maximum atomic E-state index is 4.54. The first-order valence-electron chi connectivity index (χ1n) is 7.33. The quantitative estimate of drug-likeness (QED) is 0.790. The van der Waals surface area contributed by atoms with E-state index in [1.807, 2.05) is 13.4 Å². The molecule has 108 valence electrons. The molecule has 1 atom stereocenters. The summed E-state index contributed by atoms with van der Waals surface area (Å²) in [7, 11) is 2.01. The topological polar surface area (TPSA) is 29.9 Å². The van der Waals surface area contributed by atoms with Crippen LogP contribution in [0.1, 0.15) is 22.7 Å². The van der Waals surface area contributed by atoms with Crippen molar-refractivity contribution in [1.29, 1.82) is 0 Å². The molecule has 1 unspecified atom stereocenters. The van der Waals surface area contributed by atoms with E-state index in [2.05, 4.69) is 71.2 Å². The number of benzene rings is 2. The molecule has 0 saturated heterocycles. The number of aromatic nitrogens is 2. The molecule has 3 aromatic rings. The fraction of sp³-hybridized carbons (Fsp3) is 0.278. The molecule has 3 heteroatoms. The molecule has 2 aromatic carbocycles. The average Bonchev–Trinajstić information content (AvgIpc) is 2.88. The third kappa shape index (κ3) is 2.69. The number of nitrogens with zero attached hydrogens (tertiary/aromatic N) is 2. The SMILES string of the molecule is CNC(Cn1cnc2cc(C)c(C)cc21)c1ccccc1. The Morgan fingerprint density at radius 1 is 1.10 bits per heavy atom. The van der Waals surface area contributed by atoms with Gasteiger partial charge in [0.05, 0.1) is 17.4 Å². The lowest BCUT2D eigenvalue weighted by Gasteiger charge is -2.18. The van der Waals surface area contributed by atoms with E-state index in [0.29, 0.717) is 0 Å². The molecule has 1 N–H and O–H groups in total. The number of likely N-dealkylation sites (N-methyl/N-ethyl adjacent to an activating group) is 1. The Hall–Kier alpha value is -2.13. The van der Waals surface area contributed by atoms with Crippen LogP contribution in [0.15, 0.2) is 48.8 Å². The predicted molar refractivity (Wildman–Crippen MR) is 87.4 cm³/mol. The minimum Gasteiger partial charge on any atom is -0.329 e. The van der Waals surface area contributed by atoms with E-state index in [1.54, 1.807) is 0 Å². The van der Waals surface area contributed by atoms with Crippen molar-refractivity contribution in [3.63, 3.8) is 0 Å². The lowest BCUT2D eigenvalue weighted by molar-refractivity contribution is 0.508. The summed E-state index contributed by atoms with van der Waals surface area (Å²) in [5.41, 5.74) is 6.17. The number of imidazole rings is 1. The lowest BCUT2D eigenvalue weighted by Crippen LogP contribution is -2.21. The second kappa shape index (κ2) is 5.70. The molecule has 0 aliphatic carbocycles. The van der Waals surface area contributed by atoms with Gasteiger partial charge < -0.3 is 9.88 Å². The summed E-state index contributed by atoms with van der Waals surface area (Å²) in [5.74, 6) is 0. The van der Waals surface area contributed by atoms with Crippen LogP contribution in [0.5, 0.6) is 0 Å².